The highest BCUT2D eigenvalue weighted by atomic mass is 32.2. The highest BCUT2D eigenvalue weighted by Crippen LogP contribution is 2.27. The average molecular weight is 490 g/mol. The van der Waals surface area contributed by atoms with Crippen LogP contribution >= 0.6 is 23.1 Å². The fourth-order valence-electron chi connectivity index (χ4n) is 3.87. The van der Waals surface area contributed by atoms with E-state index in [4.69, 9.17) is 4.74 Å². The molecule has 2 aromatic rings. The fraction of sp³-hybridized carbons (Fsp3) is 0.500. The number of esters is 1. The van der Waals surface area contributed by atoms with E-state index in [0.717, 1.165) is 17.7 Å². The number of carbonyl (C=O) groups excluding carboxylic acids is 3. The Morgan fingerprint density at radius 2 is 1.91 bits per heavy atom. The molecule has 0 bridgehead atoms. The van der Waals surface area contributed by atoms with E-state index in [-0.39, 0.29) is 24.2 Å². The van der Waals surface area contributed by atoms with Gasteiger partial charge in [0.05, 0.1) is 17.0 Å². The Labute approximate surface area is 203 Å². The van der Waals surface area contributed by atoms with Crippen LogP contribution in [0, 0.1) is 0 Å². The molecule has 1 aliphatic rings. The number of ether oxygens (including phenoxy) is 1. The van der Waals surface area contributed by atoms with Gasteiger partial charge in [-0.05, 0) is 31.9 Å². The standard InChI is InChI=1S/C24H31N3O4S2/c1-4-27(17(2)28)24-25-18(15-33-24)14-31-23(30)20-12-8-9-13-21(20)32-16-22(29)26(3)19-10-6-5-7-11-19/h8-9,12-13,15,19H,4-7,10-11,14,16H2,1-3H3. The fourth-order valence-corrected chi connectivity index (χ4v) is 5.75. The smallest absolute Gasteiger partial charge is 0.339 e. The predicted octanol–water partition coefficient (Wildman–Crippen LogP) is 4.76. The summed E-state index contributed by atoms with van der Waals surface area (Å²) in [4.78, 5) is 45.7. The first kappa shape index (κ1) is 25.2. The van der Waals surface area contributed by atoms with E-state index < -0.39 is 5.97 Å². The van der Waals surface area contributed by atoms with Gasteiger partial charge in [0.15, 0.2) is 5.13 Å². The zero-order chi connectivity index (χ0) is 23.8. The van der Waals surface area contributed by atoms with Gasteiger partial charge in [-0.15, -0.1) is 23.1 Å². The van der Waals surface area contributed by atoms with Gasteiger partial charge < -0.3 is 9.64 Å². The predicted molar refractivity (Wildman–Crippen MR) is 132 cm³/mol. The quantitative estimate of drug-likeness (QED) is 0.373. The molecule has 1 aromatic heterocycles. The average Bonchev–Trinajstić information content (AvgIpc) is 3.30. The lowest BCUT2D eigenvalue weighted by Gasteiger charge is -2.31. The van der Waals surface area contributed by atoms with Gasteiger partial charge in [-0.3, -0.25) is 14.5 Å². The lowest BCUT2D eigenvalue weighted by atomic mass is 9.94. The van der Waals surface area contributed by atoms with Crippen molar-refractivity contribution in [2.45, 2.75) is 63.5 Å². The van der Waals surface area contributed by atoms with Gasteiger partial charge in [0.2, 0.25) is 11.8 Å². The summed E-state index contributed by atoms with van der Waals surface area (Å²) >= 11 is 2.71. The van der Waals surface area contributed by atoms with E-state index in [2.05, 4.69) is 4.98 Å². The molecule has 33 heavy (non-hydrogen) atoms. The van der Waals surface area contributed by atoms with Crippen LogP contribution < -0.4 is 4.90 Å². The van der Waals surface area contributed by atoms with Gasteiger partial charge in [0, 0.05) is 36.8 Å². The van der Waals surface area contributed by atoms with Gasteiger partial charge in [0.1, 0.15) is 6.61 Å². The Morgan fingerprint density at radius 1 is 1.18 bits per heavy atom. The molecule has 1 fully saturated rings. The molecule has 0 radical (unpaired) electrons. The SMILES string of the molecule is CCN(C(C)=O)c1nc(COC(=O)c2ccccc2SCC(=O)N(C)C2CCCCC2)cs1. The molecule has 1 aromatic carbocycles. The van der Waals surface area contributed by atoms with E-state index in [1.54, 1.807) is 22.4 Å². The number of carbonyl (C=O) groups is 3. The Morgan fingerprint density at radius 3 is 2.61 bits per heavy atom. The molecule has 178 valence electrons. The molecule has 2 amide bonds. The second-order valence-electron chi connectivity index (χ2n) is 8.04. The van der Waals surface area contributed by atoms with E-state index in [0.29, 0.717) is 29.0 Å². The number of aromatic nitrogens is 1. The molecule has 0 spiro atoms. The Hall–Kier alpha value is -2.39. The van der Waals surface area contributed by atoms with Crippen LogP contribution in [0.15, 0.2) is 34.5 Å². The van der Waals surface area contributed by atoms with Crippen molar-refractivity contribution in [2.24, 2.45) is 0 Å². The Bertz CT molecular complexity index is 972. The second-order valence-corrected chi connectivity index (χ2v) is 9.90. The van der Waals surface area contributed by atoms with E-state index >= 15 is 0 Å². The Balaban J connectivity index is 1.57. The van der Waals surface area contributed by atoms with Crippen LogP contribution in [0.25, 0.3) is 0 Å². The van der Waals surface area contributed by atoms with Crippen molar-refractivity contribution < 1.29 is 19.1 Å². The van der Waals surface area contributed by atoms with Crippen molar-refractivity contribution in [1.82, 2.24) is 9.88 Å². The molecular weight excluding hydrogens is 458 g/mol. The van der Waals surface area contributed by atoms with E-state index in [1.807, 2.05) is 31.0 Å². The number of rotatable bonds is 9. The van der Waals surface area contributed by atoms with Crippen molar-refractivity contribution in [2.75, 3.05) is 24.2 Å². The van der Waals surface area contributed by atoms with Crippen molar-refractivity contribution >= 4 is 46.0 Å². The number of thiazole rings is 1. The number of benzene rings is 1. The summed E-state index contributed by atoms with van der Waals surface area (Å²) < 4.78 is 5.48. The number of thioether (sulfide) groups is 1. The zero-order valence-corrected chi connectivity index (χ0v) is 21.0. The van der Waals surface area contributed by atoms with Crippen LogP contribution in [0.5, 0.6) is 0 Å². The Kier molecular flexibility index (Phi) is 9.31. The first-order chi connectivity index (χ1) is 15.9. The first-order valence-electron chi connectivity index (χ1n) is 11.3. The van der Waals surface area contributed by atoms with Crippen molar-refractivity contribution in [1.29, 1.82) is 0 Å². The summed E-state index contributed by atoms with van der Waals surface area (Å²) in [7, 11) is 1.88. The van der Waals surface area contributed by atoms with Crippen LogP contribution in [0.4, 0.5) is 5.13 Å². The van der Waals surface area contributed by atoms with Gasteiger partial charge in [0.25, 0.3) is 0 Å². The monoisotopic (exact) mass is 489 g/mol. The molecule has 9 heteroatoms. The number of nitrogens with zero attached hydrogens (tertiary/aromatic N) is 3. The molecule has 1 aliphatic carbocycles. The van der Waals surface area contributed by atoms with Gasteiger partial charge in [-0.2, -0.15) is 0 Å². The minimum Gasteiger partial charge on any atom is -0.456 e. The van der Waals surface area contributed by atoms with Crippen LogP contribution in [0.1, 0.15) is 62.0 Å². The number of amides is 2. The topological polar surface area (TPSA) is 79.8 Å². The molecule has 0 unspecified atom stereocenters. The first-order valence-corrected chi connectivity index (χ1v) is 13.1. The largest absolute Gasteiger partial charge is 0.456 e. The molecule has 0 aliphatic heterocycles. The van der Waals surface area contributed by atoms with Crippen molar-refractivity contribution in [3.8, 4) is 0 Å². The lowest BCUT2D eigenvalue weighted by Crippen LogP contribution is -2.39. The third-order valence-corrected chi connectivity index (χ3v) is 7.76. The highest BCUT2D eigenvalue weighted by Gasteiger charge is 2.23. The van der Waals surface area contributed by atoms with Gasteiger partial charge >= 0.3 is 5.97 Å². The molecule has 1 saturated carbocycles. The van der Waals surface area contributed by atoms with Gasteiger partial charge in [-0.1, -0.05) is 31.4 Å². The highest BCUT2D eigenvalue weighted by molar-refractivity contribution is 8.00. The molecule has 3 rings (SSSR count). The summed E-state index contributed by atoms with van der Waals surface area (Å²) in [6.07, 6.45) is 5.73. The van der Waals surface area contributed by atoms with Crippen LogP contribution in [-0.4, -0.2) is 53.1 Å². The molecule has 0 N–H and O–H groups in total. The third-order valence-electron chi connectivity index (χ3n) is 5.79. The zero-order valence-electron chi connectivity index (χ0n) is 19.4. The van der Waals surface area contributed by atoms with Crippen molar-refractivity contribution in [3.05, 3.63) is 40.9 Å². The summed E-state index contributed by atoms with van der Waals surface area (Å²) in [6, 6.07) is 7.50. The van der Waals surface area contributed by atoms with E-state index in [9.17, 15) is 14.4 Å². The maximum Gasteiger partial charge on any atom is 0.339 e. The maximum absolute atomic E-state index is 12.7. The van der Waals surface area contributed by atoms with Crippen molar-refractivity contribution in [3.63, 3.8) is 0 Å². The summed E-state index contributed by atoms with van der Waals surface area (Å²) in [6.45, 7) is 3.93. The summed E-state index contributed by atoms with van der Waals surface area (Å²) in [5.74, 6) is -0.175. The van der Waals surface area contributed by atoms with Crippen LogP contribution in [0.2, 0.25) is 0 Å². The third kappa shape index (κ3) is 6.80. The minimum atomic E-state index is -0.459. The lowest BCUT2D eigenvalue weighted by molar-refractivity contribution is -0.129. The number of hydrogen-bond donors (Lipinski definition) is 0. The summed E-state index contributed by atoms with van der Waals surface area (Å²) in [5, 5.41) is 2.38. The molecular formula is C24H31N3O4S2. The van der Waals surface area contributed by atoms with E-state index in [1.165, 1.54) is 49.3 Å². The molecule has 0 atom stereocenters. The second kappa shape index (κ2) is 12.2. The maximum atomic E-state index is 12.7. The normalized spacial score (nSPS) is 14.0. The molecule has 7 nitrogen and oxygen atoms in total. The summed E-state index contributed by atoms with van der Waals surface area (Å²) in [5.41, 5.74) is 1.03. The van der Waals surface area contributed by atoms with Gasteiger partial charge in [-0.25, -0.2) is 9.78 Å². The molecule has 0 saturated heterocycles. The molecule has 1 heterocycles. The number of hydrogen-bond acceptors (Lipinski definition) is 7. The van der Waals surface area contributed by atoms with Crippen LogP contribution in [0.3, 0.4) is 0 Å². The minimum absolute atomic E-state index is 0.0210. The van der Waals surface area contributed by atoms with Crippen LogP contribution in [-0.2, 0) is 20.9 Å². The number of anilines is 1.